The number of nitrogens with one attached hydrogen (secondary N) is 1. The van der Waals surface area contributed by atoms with Crippen LogP contribution in [0.2, 0.25) is 0 Å². The van der Waals surface area contributed by atoms with Gasteiger partial charge >= 0.3 is 6.18 Å². The van der Waals surface area contributed by atoms with Crippen LogP contribution in [0, 0.1) is 0 Å². The summed E-state index contributed by atoms with van der Waals surface area (Å²) in [5.41, 5.74) is -0.246. The zero-order chi connectivity index (χ0) is 14.8. The molecule has 5 nitrogen and oxygen atoms in total. The second-order valence-corrected chi connectivity index (χ2v) is 4.02. The first-order valence-electron chi connectivity index (χ1n) is 6.18. The van der Waals surface area contributed by atoms with Crippen molar-refractivity contribution < 1.29 is 13.2 Å². The lowest BCUT2D eigenvalue weighted by Gasteiger charge is -2.11. The van der Waals surface area contributed by atoms with Crippen LogP contribution in [0.3, 0.4) is 0 Å². The summed E-state index contributed by atoms with van der Waals surface area (Å²) in [6, 6.07) is 2.56. The van der Waals surface area contributed by atoms with Crippen LogP contribution in [0.15, 0.2) is 18.3 Å². The van der Waals surface area contributed by atoms with Crippen LogP contribution in [0.5, 0.6) is 0 Å². The predicted octanol–water partition coefficient (Wildman–Crippen LogP) is 2.81. The molecule has 0 saturated heterocycles. The second kappa shape index (κ2) is 5.48. The molecular formula is C12H14F3N5. The van der Waals surface area contributed by atoms with E-state index in [1.165, 1.54) is 6.20 Å². The van der Waals surface area contributed by atoms with Crippen molar-refractivity contribution in [2.24, 2.45) is 0 Å². The molecular weight excluding hydrogens is 271 g/mol. The third-order valence-electron chi connectivity index (χ3n) is 2.63. The zero-order valence-electron chi connectivity index (χ0n) is 11.1. The van der Waals surface area contributed by atoms with Crippen LogP contribution in [-0.4, -0.2) is 26.3 Å². The van der Waals surface area contributed by atoms with Crippen molar-refractivity contribution in [3.63, 3.8) is 0 Å². The molecule has 0 spiro atoms. The van der Waals surface area contributed by atoms with Gasteiger partial charge in [-0.3, -0.25) is 4.68 Å². The molecule has 0 saturated carbocycles. The highest BCUT2D eigenvalue weighted by Crippen LogP contribution is 2.31. The number of hydrogen-bond donors (Lipinski definition) is 1. The number of nitrogens with zero attached hydrogens (tertiary/aromatic N) is 4. The third kappa shape index (κ3) is 2.89. The summed E-state index contributed by atoms with van der Waals surface area (Å²) in [5, 5.41) is 6.74. The molecule has 0 atom stereocenters. The van der Waals surface area contributed by atoms with E-state index in [4.69, 9.17) is 0 Å². The van der Waals surface area contributed by atoms with Crippen LogP contribution in [0.4, 0.5) is 19.1 Å². The molecule has 0 bridgehead atoms. The van der Waals surface area contributed by atoms with Gasteiger partial charge in [-0.05, 0) is 26.0 Å². The molecule has 0 aliphatic carbocycles. The summed E-state index contributed by atoms with van der Waals surface area (Å²) in [6.45, 7) is 4.60. The highest BCUT2D eigenvalue weighted by Gasteiger charge is 2.34. The van der Waals surface area contributed by atoms with Crippen molar-refractivity contribution in [3.8, 4) is 11.4 Å². The molecule has 0 unspecified atom stereocenters. The van der Waals surface area contributed by atoms with Crippen molar-refractivity contribution in [1.82, 2.24) is 19.7 Å². The van der Waals surface area contributed by atoms with E-state index in [1.807, 2.05) is 6.92 Å². The zero-order valence-corrected chi connectivity index (χ0v) is 11.1. The molecule has 2 heterocycles. The molecule has 0 radical (unpaired) electrons. The highest BCUT2D eigenvalue weighted by molar-refractivity contribution is 5.56. The Balaban J connectivity index is 2.55. The van der Waals surface area contributed by atoms with Crippen molar-refractivity contribution in [3.05, 3.63) is 24.0 Å². The van der Waals surface area contributed by atoms with Gasteiger partial charge < -0.3 is 5.32 Å². The summed E-state index contributed by atoms with van der Waals surface area (Å²) in [5.74, 6) is -0.0406. The number of rotatable bonds is 4. The molecule has 0 aliphatic rings. The van der Waals surface area contributed by atoms with E-state index in [1.54, 1.807) is 17.7 Å². The Kier molecular flexibility index (Phi) is 3.91. The van der Waals surface area contributed by atoms with Crippen LogP contribution in [0.25, 0.3) is 11.4 Å². The van der Waals surface area contributed by atoms with Gasteiger partial charge in [0, 0.05) is 19.3 Å². The summed E-state index contributed by atoms with van der Waals surface area (Å²) in [7, 11) is 0. The lowest BCUT2D eigenvalue weighted by Crippen LogP contribution is -2.13. The maximum atomic E-state index is 12.9. The van der Waals surface area contributed by atoms with Gasteiger partial charge in [-0.2, -0.15) is 18.3 Å². The molecule has 2 aromatic rings. The average molecular weight is 285 g/mol. The third-order valence-corrected chi connectivity index (χ3v) is 2.63. The normalized spacial score (nSPS) is 11.7. The maximum Gasteiger partial charge on any atom is 0.433 e. The summed E-state index contributed by atoms with van der Waals surface area (Å²) < 4.78 is 40.2. The Hall–Kier alpha value is -2.12. The quantitative estimate of drug-likeness (QED) is 0.938. The van der Waals surface area contributed by atoms with Crippen LogP contribution in [0.1, 0.15) is 19.5 Å². The standard InChI is InChI=1S/C12H14F3N5/c1-3-16-11-18-8(7-10(19-11)12(13,14)15)9-5-6-17-20(9)4-2/h5-7H,3-4H2,1-2H3,(H,16,18,19). The van der Waals surface area contributed by atoms with Gasteiger partial charge in [0.15, 0.2) is 5.69 Å². The summed E-state index contributed by atoms with van der Waals surface area (Å²) in [4.78, 5) is 7.59. The largest absolute Gasteiger partial charge is 0.433 e. The molecule has 2 rings (SSSR count). The Morgan fingerprint density at radius 3 is 2.60 bits per heavy atom. The molecule has 108 valence electrons. The van der Waals surface area contributed by atoms with Crippen LogP contribution in [-0.2, 0) is 12.7 Å². The first kappa shape index (κ1) is 14.3. The summed E-state index contributed by atoms with van der Waals surface area (Å²) in [6.07, 6.45) is -2.99. The fourth-order valence-corrected chi connectivity index (χ4v) is 1.76. The van der Waals surface area contributed by atoms with E-state index >= 15 is 0 Å². The van der Waals surface area contributed by atoms with Crippen molar-refractivity contribution in [1.29, 1.82) is 0 Å². The van der Waals surface area contributed by atoms with Crippen LogP contribution >= 0.6 is 0 Å². The summed E-state index contributed by atoms with van der Waals surface area (Å²) >= 11 is 0. The lowest BCUT2D eigenvalue weighted by atomic mass is 10.2. The van der Waals surface area contributed by atoms with Crippen molar-refractivity contribution in [2.75, 3.05) is 11.9 Å². The topological polar surface area (TPSA) is 55.6 Å². The Morgan fingerprint density at radius 2 is 2.00 bits per heavy atom. The van der Waals surface area contributed by atoms with E-state index < -0.39 is 11.9 Å². The number of aryl methyl sites for hydroxylation is 1. The first-order valence-corrected chi connectivity index (χ1v) is 6.18. The van der Waals surface area contributed by atoms with Gasteiger partial charge in [0.25, 0.3) is 0 Å². The average Bonchev–Trinajstić information content (AvgIpc) is 2.86. The Labute approximate surface area is 113 Å². The molecule has 2 aromatic heterocycles. The van der Waals surface area contributed by atoms with Gasteiger partial charge in [0.05, 0.1) is 11.4 Å². The molecule has 20 heavy (non-hydrogen) atoms. The van der Waals surface area contributed by atoms with Gasteiger partial charge in [-0.25, -0.2) is 9.97 Å². The van der Waals surface area contributed by atoms with E-state index in [0.717, 1.165) is 6.07 Å². The minimum atomic E-state index is -4.51. The van der Waals surface area contributed by atoms with Gasteiger partial charge in [-0.15, -0.1) is 0 Å². The van der Waals surface area contributed by atoms with E-state index in [9.17, 15) is 13.2 Å². The number of alkyl halides is 3. The van der Waals surface area contributed by atoms with Gasteiger partial charge in [0.1, 0.15) is 0 Å². The van der Waals surface area contributed by atoms with E-state index in [0.29, 0.717) is 18.8 Å². The Bertz CT molecular complexity index is 591. The minimum Gasteiger partial charge on any atom is -0.354 e. The molecule has 0 aromatic carbocycles. The SMILES string of the molecule is CCNc1nc(-c2ccnn2CC)cc(C(F)(F)F)n1. The van der Waals surface area contributed by atoms with Crippen molar-refractivity contribution in [2.45, 2.75) is 26.6 Å². The fourth-order valence-electron chi connectivity index (χ4n) is 1.76. The monoisotopic (exact) mass is 285 g/mol. The molecule has 1 N–H and O–H groups in total. The van der Waals surface area contributed by atoms with Gasteiger partial charge in [0.2, 0.25) is 5.95 Å². The smallest absolute Gasteiger partial charge is 0.354 e. The molecule has 0 fully saturated rings. The van der Waals surface area contributed by atoms with E-state index in [2.05, 4.69) is 20.4 Å². The lowest BCUT2D eigenvalue weighted by molar-refractivity contribution is -0.141. The first-order chi connectivity index (χ1) is 9.45. The number of anilines is 1. The maximum absolute atomic E-state index is 12.9. The minimum absolute atomic E-state index is 0.0406. The predicted molar refractivity (Wildman–Crippen MR) is 68.1 cm³/mol. The molecule has 0 aliphatic heterocycles. The number of halogens is 3. The highest BCUT2D eigenvalue weighted by atomic mass is 19.4. The van der Waals surface area contributed by atoms with Crippen LogP contribution < -0.4 is 5.32 Å². The number of aromatic nitrogens is 4. The fraction of sp³-hybridized carbons (Fsp3) is 0.417. The van der Waals surface area contributed by atoms with Crippen molar-refractivity contribution >= 4 is 5.95 Å². The second-order valence-electron chi connectivity index (χ2n) is 4.02. The van der Waals surface area contributed by atoms with E-state index in [-0.39, 0.29) is 11.6 Å². The molecule has 8 heteroatoms. The Morgan fingerprint density at radius 1 is 1.25 bits per heavy atom. The van der Waals surface area contributed by atoms with Gasteiger partial charge in [-0.1, -0.05) is 0 Å². The molecule has 0 amide bonds. The number of hydrogen-bond acceptors (Lipinski definition) is 4.